The van der Waals surface area contributed by atoms with Crippen molar-refractivity contribution in [3.8, 4) is 5.88 Å². The molecule has 2 amide bonds. The number of ether oxygens (including phenoxy) is 1. The van der Waals surface area contributed by atoms with E-state index in [0.717, 1.165) is 44.1 Å². The molecule has 1 aliphatic heterocycles. The van der Waals surface area contributed by atoms with E-state index in [1.54, 1.807) is 25.4 Å². The third-order valence-electron chi connectivity index (χ3n) is 5.56. The van der Waals surface area contributed by atoms with Crippen LogP contribution in [0.4, 0.5) is 23.7 Å². The number of piperazine rings is 1. The van der Waals surface area contributed by atoms with Gasteiger partial charge >= 0.3 is 12.2 Å². The Kier molecular flexibility index (Phi) is 8.76. The standard InChI is InChI=1S/C23H30F3N5O2/c1-33-21-8-7-18(16-28-21)17-29-22(32)27-9-2-3-10-30-11-13-31(14-12-30)20-6-4-5-19(15-20)23(24,25)26/h4-8,15-16H,2-3,9-14,17H2,1H3,(H2,27,29,32). The van der Waals surface area contributed by atoms with Crippen LogP contribution in [0.2, 0.25) is 0 Å². The van der Waals surface area contributed by atoms with Gasteiger partial charge in [-0.2, -0.15) is 13.2 Å². The van der Waals surface area contributed by atoms with Gasteiger partial charge in [-0.1, -0.05) is 12.1 Å². The van der Waals surface area contributed by atoms with Crippen molar-refractivity contribution >= 4 is 11.7 Å². The van der Waals surface area contributed by atoms with E-state index in [4.69, 9.17) is 4.74 Å². The van der Waals surface area contributed by atoms with Crippen molar-refractivity contribution in [1.82, 2.24) is 20.5 Å². The van der Waals surface area contributed by atoms with Crippen LogP contribution in [0.25, 0.3) is 0 Å². The van der Waals surface area contributed by atoms with Crippen LogP contribution in [0.5, 0.6) is 5.88 Å². The predicted octanol–water partition coefficient (Wildman–Crippen LogP) is 3.51. The number of hydrogen-bond donors (Lipinski definition) is 2. The molecule has 0 unspecified atom stereocenters. The minimum atomic E-state index is -4.32. The molecule has 0 aliphatic carbocycles. The zero-order valence-corrected chi connectivity index (χ0v) is 18.7. The molecule has 7 nitrogen and oxygen atoms in total. The molecule has 1 aliphatic rings. The smallest absolute Gasteiger partial charge is 0.416 e. The summed E-state index contributed by atoms with van der Waals surface area (Å²) >= 11 is 0. The number of methoxy groups -OCH3 is 1. The van der Waals surface area contributed by atoms with Gasteiger partial charge in [0.15, 0.2) is 0 Å². The second kappa shape index (κ2) is 11.7. The van der Waals surface area contributed by atoms with Gasteiger partial charge in [-0.15, -0.1) is 0 Å². The molecule has 10 heteroatoms. The Hall–Kier alpha value is -3.01. The first-order chi connectivity index (χ1) is 15.8. The second-order valence-electron chi connectivity index (χ2n) is 7.90. The average Bonchev–Trinajstić information content (AvgIpc) is 2.83. The number of unbranched alkanes of at least 4 members (excludes halogenated alkanes) is 1. The van der Waals surface area contributed by atoms with Crippen LogP contribution >= 0.6 is 0 Å². The number of halogens is 3. The second-order valence-corrected chi connectivity index (χ2v) is 7.90. The predicted molar refractivity (Wildman–Crippen MR) is 120 cm³/mol. The molecular formula is C23H30F3N5O2. The third-order valence-corrected chi connectivity index (χ3v) is 5.56. The Bertz CT molecular complexity index is 884. The van der Waals surface area contributed by atoms with Crippen LogP contribution in [0.3, 0.4) is 0 Å². The molecule has 33 heavy (non-hydrogen) atoms. The normalized spacial score (nSPS) is 14.7. The van der Waals surface area contributed by atoms with E-state index in [9.17, 15) is 18.0 Å². The highest BCUT2D eigenvalue weighted by molar-refractivity contribution is 5.73. The SMILES string of the molecule is COc1ccc(CNC(=O)NCCCCN2CCN(c3cccc(C(F)(F)F)c3)CC2)cn1. The fourth-order valence-corrected chi connectivity index (χ4v) is 3.65. The van der Waals surface area contributed by atoms with Gasteiger partial charge in [-0.05, 0) is 43.1 Å². The van der Waals surface area contributed by atoms with Gasteiger partial charge in [0.25, 0.3) is 0 Å². The summed E-state index contributed by atoms with van der Waals surface area (Å²) < 4.78 is 43.8. The summed E-state index contributed by atoms with van der Waals surface area (Å²) in [6.45, 7) is 4.87. The molecule has 1 aromatic carbocycles. The van der Waals surface area contributed by atoms with Crippen LogP contribution < -0.4 is 20.3 Å². The lowest BCUT2D eigenvalue weighted by Gasteiger charge is -2.36. The highest BCUT2D eigenvalue weighted by atomic mass is 19.4. The average molecular weight is 466 g/mol. The first kappa shape index (κ1) is 24.6. The first-order valence-electron chi connectivity index (χ1n) is 11.0. The van der Waals surface area contributed by atoms with E-state index < -0.39 is 11.7 Å². The van der Waals surface area contributed by atoms with E-state index in [0.29, 0.717) is 37.7 Å². The minimum Gasteiger partial charge on any atom is -0.481 e. The number of hydrogen-bond acceptors (Lipinski definition) is 5. The van der Waals surface area contributed by atoms with Crippen LogP contribution in [-0.2, 0) is 12.7 Å². The molecule has 1 fully saturated rings. The van der Waals surface area contributed by atoms with Gasteiger partial charge in [-0.3, -0.25) is 4.90 Å². The number of urea groups is 1. The molecule has 0 atom stereocenters. The van der Waals surface area contributed by atoms with E-state index in [1.807, 2.05) is 11.0 Å². The molecule has 180 valence electrons. The molecule has 2 aromatic rings. The monoisotopic (exact) mass is 465 g/mol. The number of aromatic nitrogens is 1. The van der Waals surface area contributed by atoms with Crippen LogP contribution in [0.1, 0.15) is 24.0 Å². The summed E-state index contributed by atoms with van der Waals surface area (Å²) in [6, 6.07) is 8.88. The number of anilines is 1. The summed E-state index contributed by atoms with van der Waals surface area (Å²) in [5.74, 6) is 0.528. The van der Waals surface area contributed by atoms with Crippen LogP contribution in [-0.4, -0.2) is 62.3 Å². The van der Waals surface area contributed by atoms with Gasteiger partial charge < -0.3 is 20.3 Å². The minimum absolute atomic E-state index is 0.222. The van der Waals surface area contributed by atoms with Crippen molar-refractivity contribution in [1.29, 1.82) is 0 Å². The zero-order valence-electron chi connectivity index (χ0n) is 18.7. The molecular weight excluding hydrogens is 435 g/mol. The van der Waals surface area contributed by atoms with E-state index >= 15 is 0 Å². The number of amides is 2. The largest absolute Gasteiger partial charge is 0.481 e. The Labute approximate surface area is 191 Å². The van der Waals surface area contributed by atoms with Crippen molar-refractivity contribution in [3.63, 3.8) is 0 Å². The lowest BCUT2D eigenvalue weighted by Crippen LogP contribution is -2.46. The lowest BCUT2D eigenvalue weighted by molar-refractivity contribution is -0.137. The van der Waals surface area contributed by atoms with Crippen molar-refractivity contribution in [2.24, 2.45) is 0 Å². The Balaban J connectivity index is 1.27. The maximum absolute atomic E-state index is 12.9. The fraction of sp³-hybridized carbons (Fsp3) is 0.478. The van der Waals surface area contributed by atoms with E-state index in [1.165, 1.54) is 12.1 Å². The quantitative estimate of drug-likeness (QED) is 0.555. The molecule has 2 heterocycles. The molecule has 2 N–H and O–H groups in total. The summed E-state index contributed by atoms with van der Waals surface area (Å²) in [4.78, 5) is 20.3. The van der Waals surface area contributed by atoms with Crippen molar-refractivity contribution < 1.29 is 22.7 Å². The number of alkyl halides is 3. The Morgan fingerprint density at radius 1 is 1.09 bits per heavy atom. The first-order valence-corrected chi connectivity index (χ1v) is 11.0. The van der Waals surface area contributed by atoms with Gasteiger partial charge in [0.1, 0.15) is 0 Å². The van der Waals surface area contributed by atoms with E-state index in [2.05, 4.69) is 20.5 Å². The van der Waals surface area contributed by atoms with Gasteiger partial charge in [-0.25, -0.2) is 9.78 Å². The lowest BCUT2D eigenvalue weighted by atomic mass is 10.1. The van der Waals surface area contributed by atoms with Gasteiger partial charge in [0.05, 0.1) is 12.7 Å². The molecule has 0 spiro atoms. The van der Waals surface area contributed by atoms with Gasteiger partial charge in [0, 0.05) is 57.2 Å². The number of nitrogens with one attached hydrogen (secondary N) is 2. The Morgan fingerprint density at radius 3 is 2.55 bits per heavy atom. The van der Waals surface area contributed by atoms with Crippen molar-refractivity contribution in [2.45, 2.75) is 25.6 Å². The number of pyridine rings is 1. The molecule has 1 aromatic heterocycles. The summed E-state index contributed by atoms with van der Waals surface area (Å²) in [5.41, 5.74) is 0.889. The number of carbonyl (C=O) groups is 1. The highest BCUT2D eigenvalue weighted by Gasteiger charge is 2.31. The topological polar surface area (TPSA) is 69.7 Å². The zero-order chi connectivity index (χ0) is 23.7. The molecule has 3 rings (SSSR count). The molecule has 0 radical (unpaired) electrons. The molecule has 0 saturated carbocycles. The molecule has 1 saturated heterocycles. The molecule has 0 bridgehead atoms. The number of rotatable bonds is 9. The number of benzene rings is 1. The van der Waals surface area contributed by atoms with E-state index in [-0.39, 0.29) is 6.03 Å². The van der Waals surface area contributed by atoms with Crippen LogP contribution in [0, 0.1) is 0 Å². The number of nitrogens with zero attached hydrogens (tertiary/aromatic N) is 3. The third kappa shape index (κ3) is 7.81. The van der Waals surface area contributed by atoms with Crippen molar-refractivity contribution in [3.05, 3.63) is 53.7 Å². The summed E-state index contributed by atoms with van der Waals surface area (Å²) in [5, 5.41) is 5.64. The summed E-state index contributed by atoms with van der Waals surface area (Å²) in [6.07, 6.45) is -0.876. The fourth-order valence-electron chi connectivity index (χ4n) is 3.65. The summed E-state index contributed by atoms with van der Waals surface area (Å²) in [7, 11) is 1.55. The maximum Gasteiger partial charge on any atom is 0.416 e. The maximum atomic E-state index is 12.9. The number of carbonyl (C=O) groups excluding carboxylic acids is 1. The Morgan fingerprint density at radius 2 is 1.88 bits per heavy atom. The van der Waals surface area contributed by atoms with Gasteiger partial charge in [0.2, 0.25) is 5.88 Å². The van der Waals surface area contributed by atoms with Crippen LogP contribution in [0.15, 0.2) is 42.6 Å². The van der Waals surface area contributed by atoms with Crippen molar-refractivity contribution in [2.75, 3.05) is 51.3 Å². The highest BCUT2D eigenvalue weighted by Crippen LogP contribution is 2.31.